The summed E-state index contributed by atoms with van der Waals surface area (Å²) in [6, 6.07) is 0.0876. The Morgan fingerprint density at radius 1 is 1.20 bits per heavy atom. The smallest absolute Gasteiger partial charge is 0.273 e. The second-order valence-corrected chi connectivity index (χ2v) is 10.1. The Labute approximate surface area is 177 Å². The van der Waals surface area contributed by atoms with Crippen molar-refractivity contribution in [1.82, 2.24) is 25.2 Å². The van der Waals surface area contributed by atoms with Gasteiger partial charge < -0.3 is 15.0 Å². The molecule has 0 radical (unpaired) electrons. The SMILES string of the molecule is COCCNC(=O)c1cn([C@@H]2CCCN(C(=O)C34CC5CC(CC(C5)C3)C4)C2)nn1. The summed E-state index contributed by atoms with van der Waals surface area (Å²) in [7, 11) is 1.60. The predicted octanol–water partition coefficient (Wildman–Crippen LogP) is 2.03. The van der Waals surface area contributed by atoms with Crippen molar-refractivity contribution in [3.05, 3.63) is 11.9 Å². The van der Waals surface area contributed by atoms with E-state index < -0.39 is 0 Å². The number of aromatic nitrogens is 3. The lowest BCUT2D eigenvalue weighted by Gasteiger charge is -2.57. The quantitative estimate of drug-likeness (QED) is 0.718. The molecular weight excluding hydrogens is 382 g/mol. The minimum atomic E-state index is -0.240. The molecular formula is C22H33N5O3. The fourth-order valence-electron chi connectivity index (χ4n) is 6.98. The normalized spacial score (nSPS) is 34.9. The average Bonchev–Trinajstić information content (AvgIpc) is 3.23. The van der Waals surface area contributed by atoms with Gasteiger partial charge in [-0.15, -0.1) is 5.10 Å². The fourth-order valence-corrected chi connectivity index (χ4v) is 6.98. The number of methoxy groups -OCH3 is 1. The summed E-state index contributed by atoms with van der Waals surface area (Å²) in [5, 5.41) is 11.0. The number of nitrogens with zero attached hydrogens (tertiary/aromatic N) is 4. The molecule has 4 bridgehead atoms. The molecule has 2 amide bonds. The van der Waals surface area contributed by atoms with Gasteiger partial charge in [0.05, 0.1) is 24.3 Å². The molecule has 0 aromatic carbocycles. The Balaban J connectivity index is 1.24. The first-order valence-corrected chi connectivity index (χ1v) is 11.5. The number of rotatable bonds is 6. The van der Waals surface area contributed by atoms with Crippen LogP contribution in [0.2, 0.25) is 0 Å². The highest BCUT2D eigenvalue weighted by molar-refractivity contribution is 5.91. The van der Waals surface area contributed by atoms with Gasteiger partial charge in [-0.3, -0.25) is 9.59 Å². The van der Waals surface area contributed by atoms with E-state index in [1.807, 2.05) is 0 Å². The molecule has 1 N–H and O–H groups in total. The Morgan fingerprint density at radius 2 is 1.90 bits per heavy atom. The number of carbonyl (C=O) groups excluding carboxylic acids is 2. The first-order chi connectivity index (χ1) is 14.6. The van der Waals surface area contributed by atoms with Crippen LogP contribution in [0, 0.1) is 23.2 Å². The molecule has 6 rings (SSSR count). The van der Waals surface area contributed by atoms with Crippen molar-refractivity contribution in [3.8, 4) is 0 Å². The van der Waals surface area contributed by atoms with E-state index in [2.05, 4.69) is 20.5 Å². The van der Waals surface area contributed by atoms with Crippen molar-refractivity contribution >= 4 is 11.8 Å². The van der Waals surface area contributed by atoms with Crippen molar-refractivity contribution in [2.45, 2.75) is 57.4 Å². The molecule has 1 aliphatic heterocycles. The van der Waals surface area contributed by atoms with Gasteiger partial charge >= 0.3 is 0 Å². The number of hydrogen-bond donors (Lipinski definition) is 1. The summed E-state index contributed by atoms with van der Waals surface area (Å²) >= 11 is 0. The van der Waals surface area contributed by atoms with Crippen molar-refractivity contribution in [2.24, 2.45) is 23.2 Å². The lowest BCUT2D eigenvalue weighted by atomic mass is 9.49. The number of piperidine rings is 1. The van der Waals surface area contributed by atoms with Gasteiger partial charge in [-0.25, -0.2) is 4.68 Å². The zero-order valence-electron chi connectivity index (χ0n) is 17.9. The van der Waals surface area contributed by atoms with E-state index >= 15 is 0 Å². The van der Waals surface area contributed by atoms with Crippen LogP contribution in [0.1, 0.15) is 67.9 Å². The summed E-state index contributed by atoms with van der Waals surface area (Å²) in [6.45, 7) is 2.42. The van der Waals surface area contributed by atoms with Gasteiger partial charge in [-0.2, -0.15) is 0 Å². The van der Waals surface area contributed by atoms with Crippen molar-refractivity contribution in [3.63, 3.8) is 0 Å². The molecule has 4 aliphatic carbocycles. The molecule has 4 saturated carbocycles. The van der Waals surface area contributed by atoms with Crippen molar-refractivity contribution in [2.75, 3.05) is 33.4 Å². The molecule has 5 fully saturated rings. The lowest BCUT2D eigenvalue weighted by Crippen LogP contribution is -2.56. The lowest BCUT2D eigenvalue weighted by molar-refractivity contribution is -0.159. The second kappa shape index (κ2) is 7.94. The molecule has 1 atom stereocenters. The maximum atomic E-state index is 13.7. The van der Waals surface area contributed by atoms with Crippen LogP contribution < -0.4 is 5.32 Å². The molecule has 8 nitrogen and oxygen atoms in total. The van der Waals surface area contributed by atoms with Crippen LogP contribution in [-0.4, -0.2) is 65.1 Å². The highest BCUT2D eigenvalue weighted by Gasteiger charge is 2.55. The fraction of sp³-hybridized carbons (Fsp3) is 0.818. The first-order valence-electron chi connectivity index (χ1n) is 11.5. The standard InChI is InChI=1S/C22H33N5O3/c1-30-6-4-23-20(28)19-14-27(25-24-19)18-3-2-5-26(13-18)21(29)22-10-15-7-16(11-22)9-17(8-15)12-22/h14-18H,2-13H2,1H3,(H,23,28)/t15?,16?,17?,18-,22?/m1/s1. The molecule has 164 valence electrons. The van der Waals surface area contributed by atoms with Gasteiger partial charge in [-0.05, 0) is 69.1 Å². The van der Waals surface area contributed by atoms with E-state index in [-0.39, 0.29) is 17.4 Å². The number of carbonyl (C=O) groups is 2. The minimum absolute atomic E-state index is 0.0876. The summed E-state index contributed by atoms with van der Waals surface area (Å²) in [5.41, 5.74) is 0.224. The third-order valence-electron chi connectivity index (χ3n) is 7.88. The number of hydrogen-bond acceptors (Lipinski definition) is 5. The van der Waals surface area contributed by atoms with Gasteiger partial charge in [-0.1, -0.05) is 5.21 Å². The number of nitrogens with one attached hydrogen (secondary N) is 1. The molecule has 0 spiro atoms. The summed E-state index contributed by atoms with van der Waals surface area (Å²) in [4.78, 5) is 28.0. The van der Waals surface area contributed by atoms with Crippen LogP contribution in [0.15, 0.2) is 6.20 Å². The van der Waals surface area contributed by atoms with E-state index in [0.29, 0.717) is 31.3 Å². The second-order valence-electron chi connectivity index (χ2n) is 10.1. The van der Waals surface area contributed by atoms with Crippen LogP contribution in [0.3, 0.4) is 0 Å². The van der Waals surface area contributed by atoms with E-state index in [1.165, 1.54) is 19.3 Å². The first kappa shape index (κ1) is 20.0. The van der Waals surface area contributed by atoms with E-state index in [1.54, 1.807) is 18.0 Å². The zero-order valence-corrected chi connectivity index (χ0v) is 17.9. The molecule has 5 aliphatic rings. The van der Waals surface area contributed by atoms with E-state index in [9.17, 15) is 9.59 Å². The molecule has 8 heteroatoms. The third kappa shape index (κ3) is 3.63. The average molecular weight is 416 g/mol. The van der Waals surface area contributed by atoms with Gasteiger partial charge in [0, 0.05) is 26.7 Å². The van der Waals surface area contributed by atoms with Gasteiger partial charge in [0.2, 0.25) is 5.91 Å². The predicted molar refractivity (Wildman–Crippen MR) is 110 cm³/mol. The Kier molecular flexibility index (Phi) is 5.29. The molecule has 1 aromatic rings. The summed E-state index contributed by atoms with van der Waals surface area (Å²) in [5.74, 6) is 2.47. The van der Waals surface area contributed by atoms with Crippen LogP contribution >= 0.6 is 0 Å². The topological polar surface area (TPSA) is 89.4 Å². The molecule has 1 aromatic heterocycles. The van der Waals surface area contributed by atoms with Crippen molar-refractivity contribution in [1.29, 1.82) is 0 Å². The Hall–Kier alpha value is -1.96. The minimum Gasteiger partial charge on any atom is -0.383 e. The van der Waals surface area contributed by atoms with E-state index in [4.69, 9.17) is 4.74 Å². The maximum absolute atomic E-state index is 13.7. The van der Waals surface area contributed by atoms with E-state index in [0.717, 1.165) is 56.4 Å². The molecule has 1 saturated heterocycles. The van der Waals surface area contributed by atoms with Crippen LogP contribution in [0.5, 0.6) is 0 Å². The number of ether oxygens (including phenoxy) is 1. The van der Waals surface area contributed by atoms with Gasteiger partial charge in [0.25, 0.3) is 5.91 Å². The summed E-state index contributed by atoms with van der Waals surface area (Å²) < 4.78 is 6.74. The van der Waals surface area contributed by atoms with Gasteiger partial charge in [0.1, 0.15) is 0 Å². The van der Waals surface area contributed by atoms with Crippen LogP contribution in [0.4, 0.5) is 0 Å². The van der Waals surface area contributed by atoms with Crippen LogP contribution in [0.25, 0.3) is 0 Å². The largest absolute Gasteiger partial charge is 0.383 e. The highest BCUT2D eigenvalue weighted by Crippen LogP contribution is 2.60. The maximum Gasteiger partial charge on any atom is 0.273 e. The number of amides is 2. The summed E-state index contributed by atoms with van der Waals surface area (Å²) in [6.07, 6.45) is 11.0. The highest BCUT2D eigenvalue weighted by atomic mass is 16.5. The third-order valence-corrected chi connectivity index (χ3v) is 7.88. The monoisotopic (exact) mass is 415 g/mol. The Bertz CT molecular complexity index is 771. The molecule has 0 unspecified atom stereocenters. The van der Waals surface area contributed by atoms with Gasteiger partial charge in [0.15, 0.2) is 5.69 Å². The zero-order chi connectivity index (χ0) is 20.7. The number of likely N-dealkylation sites (tertiary alicyclic amines) is 1. The Morgan fingerprint density at radius 3 is 2.57 bits per heavy atom. The van der Waals surface area contributed by atoms with Crippen molar-refractivity contribution < 1.29 is 14.3 Å². The van der Waals surface area contributed by atoms with Crippen LogP contribution in [-0.2, 0) is 9.53 Å². The molecule has 30 heavy (non-hydrogen) atoms. The molecule has 2 heterocycles.